The van der Waals surface area contributed by atoms with Gasteiger partial charge in [0.2, 0.25) is 0 Å². The summed E-state index contributed by atoms with van der Waals surface area (Å²) >= 11 is 6.94. The third-order valence-electron chi connectivity index (χ3n) is 1.45. The van der Waals surface area contributed by atoms with Crippen LogP contribution in [0.15, 0.2) is 30.8 Å². The van der Waals surface area contributed by atoms with Gasteiger partial charge in [-0.05, 0) is 5.56 Å². The highest BCUT2D eigenvalue weighted by Crippen LogP contribution is 2.07. The summed E-state index contributed by atoms with van der Waals surface area (Å²) in [6.07, 6.45) is 1.89. The Labute approximate surface area is 92.1 Å². The molecule has 3 heteroatoms. The first kappa shape index (κ1) is 10.2. The Kier molecular flexibility index (Phi) is 4.25. The number of benzene rings is 1. The molecule has 2 radical (unpaired) electrons. The molecule has 0 aliphatic heterocycles. The summed E-state index contributed by atoms with van der Waals surface area (Å²) in [5.74, 6) is 0. The predicted octanol–water partition coefficient (Wildman–Crippen LogP) is 2.73. The van der Waals surface area contributed by atoms with Crippen molar-refractivity contribution in [1.82, 2.24) is 0 Å². The standard InChI is InChI=1S/C9H8Br2Si/c1-2-7-5-3-4-6-8(7)12-9(10)11/h2-6,9H,1H2. The summed E-state index contributed by atoms with van der Waals surface area (Å²) in [4.78, 5) is 0. The van der Waals surface area contributed by atoms with Crippen LogP contribution in [0, 0.1) is 0 Å². The van der Waals surface area contributed by atoms with Gasteiger partial charge < -0.3 is 0 Å². The van der Waals surface area contributed by atoms with Gasteiger partial charge in [-0.1, -0.05) is 74.0 Å². The van der Waals surface area contributed by atoms with Crippen molar-refractivity contribution in [2.24, 2.45) is 0 Å². The Morgan fingerprint density at radius 3 is 2.58 bits per heavy atom. The molecule has 0 saturated carbocycles. The maximum Gasteiger partial charge on any atom is 0.113 e. The number of hydrogen-bond acceptors (Lipinski definition) is 0. The van der Waals surface area contributed by atoms with E-state index in [0.29, 0.717) is 3.36 Å². The van der Waals surface area contributed by atoms with E-state index in [1.165, 1.54) is 10.8 Å². The molecule has 0 amide bonds. The summed E-state index contributed by atoms with van der Waals surface area (Å²) in [5, 5.41) is 1.34. The molecule has 0 aromatic heterocycles. The van der Waals surface area contributed by atoms with Crippen molar-refractivity contribution in [2.45, 2.75) is 3.36 Å². The largest absolute Gasteiger partial charge is 0.113 e. The van der Waals surface area contributed by atoms with Crippen LogP contribution in [0.1, 0.15) is 5.56 Å². The summed E-state index contributed by atoms with van der Waals surface area (Å²) < 4.78 is 0.367. The lowest BCUT2D eigenvalue weighted by molar-refractivity contribution is 1.71. The maximum absolute atomic E-state index is 3.77. The molecule has 1 rings (SSSR count). The van der Waals surface area contributed by atoms with Crippen LogP contribution in [-0.2, 0) is 0 Å². The van der Waals surface area contributed by atoms with Gasteiger partial charge in [0, 0.05) is 0 Å². The van der Waals surface area contributed by atoms with E-state index in [1.54, 1.807) is 0 Å². The second-order valence-electron chi connectivity index (χ2n) is 2.24. The van der Waals surface area contributed by atoms with E-state index in [-0.39, 0.29) is 0 Å². The minimum atomic E-state index is 0.367. The Bertz CT molecular complexity index is 271. The molecule has 62 valence electrons. The van der Waals surface area contributed by atoms with Crippen LogP contribution in [-0.4, -0.2) is 12.9 Å². The van der Waals surface area contributed by atoms with E-state index >= 15 is 0 Å². The Balaban J connectivity index is 2.89. The van der Waals surface area contributed by atoms with Gasteiger partial charge >= 0.3 is 0 Å². The molecule has 0 heterocycles. The average Bonchev–Trinajstić information content (AvgIpc) is 2.04. The fourth-order valence-electron chi connectivity index (χ4n) is 0.924. The van der Waals surface area contributed by atoms with Gasteiger partial charge in [0.15, 0.2) is 0 Å². The van der Waals surface area contributed by atoms with E-state index in [1.807, 2.05) is 12.1 Å². The molecule has 1 aromatic carbocycles. The molecule has 0 bridgehead atoms. The van der Waals surface area contributed by atoms with Crippen molar-refractivity contribution in [3.8, 4) is 0 Å². The quantitative estimate of drug-likeness (QED) is 0.595. The molecule has 0 aliphatic rings. The van der Waals surface area contributed by atoms with Crippen LogP contribution in [0.5, 0.6) is 0 Å². The van der Waals surface area contributed by atoms with Crippen LogP contribution in [0.2, 0.25) is 0 Å². The fourth-order valence-corrected chi connectivity index (χ4v) is 3.18. The Morgan fingerprint density at radius 1 is 1.33 bits per heavy atom. The van der Waals surface area contributed by atoms with E-state index in [0.717, 1.165) is 9.52 Å². The van der Waals surface area contributed by atoms with Crippen LogP contribution >= 0.6 is 31.9 Å². The highest BCUT2D eigenvalue weighted by Gasteiger charge is 2.04. The normalized spacial score (nSPS) is 10.2. The molecular weight excluding hydrogens is 296 g/mol. The monoisotopic (exact) mass is 302 g/mol. The lowest BCUT2D eigenvalue weighted by Gasteiger charge is -2.04. The number of alkyl halides is 2. The summed E-state index contributed by atoms with van der Waals surface area (Å²) in [6.45, 7) is 3.77. The fraction of sp³-hybridized carbons (Fsp3) is 0.111. The van der Waals surface area contributed by atoms with Gasteiger partial charge in [-0.15, -0.1) is 0 Å². The van der Waals surface area contributed by atoms with Gasteiger partial charge in [-0.3, -0.25) is 0 Å². The van der Waals surface area contributed by atoms with Crippen molar-refractivity contribution in [3.63, 3.8) is 0 Å². The first-order valence-corrected chi connectivity index (χ1v) is 6.41. The minimum absolute atomic E-state index is 0.367. The van der Waals surface area contributed by atoms with Crippen LogP contribution in [0.3, 0.4) is 0 Å². The van der Waals surface area contributed by atoms with Gasteiger partial charge in [-0.2, -0.15) is 0 Å². The average molecular weight is 304 g/mol. The smallest absolute Gasteiger partial charge is 0.0985 e. The second kappa shape index (κ2) is 4.99. The van der Waals surface area contributed by atoms with E-state index in [9.17, 15) is 0 Å². The van der Waals surface area contributed by atoms with Gasteiger partial charge in [0.25, 0.3) is 0 Å². The van der Waals surface area contributed by atoms with Crippen molar-refractivity contribution in [2.75, 3.05) is 0 Å². The lowest BCUT2D eigenvalue weighted by Crippen LogP contribution is -2.22. The van der Waals surface area contributed by atoms with Crippen LogP contribution < -0.4 is 5.19 Å². The highest BCUT2D eigenvalue weighted by atomic mass is 79.9. The SMILES string of the molecule is C=Cc1ccccc1[Si]C(Br)Br. The number of halogens is 2. The topological polar surface area (TPSA) is 0 Å². The predicted molar refractivity (Wildman–Crippen MR) is 63.6 cm³/mol. The van der Waals surface area contributed by atoms with Gasteiger partial charge in [-0.25, -0.2) is 0 Å². The molecule has 0 saturated heterocycles. The van der Waals surface area contributed by atoms with E-state index in [4.69, 9.17) is 0 Å². The zero-order valence-corrected chi connectivity index (χ0v) is 10.6. The van der Waals surface area contributed by atoms with Crippen LogP contribution in [0.25, 0.3) is 6.08 Å². The first-order chi connectivity index (χ1) is 5.74. The van der Waals surface area contributed by atoms with Gasteiger partial charge in [0.05, 0.1) is 3.36 Å². The van der Waals surface area contributed by atoms with Crippen molar-refractivity contribution >= 4 is 52.6 Å². The first-order valence-electron chi connectivity index (χ1n) is 3.50. The van der Waals surface area contributed by atoms with Crippen molar-refractivity contribution in [1.29, 1.82) is 0 Å². The molecule has 0 N–H and O–H groups in total. The number of hydrogen-bond donors (Lipinski definition) is 0. The zero-order valence-electron chi connectivity index (χ0n) is 6.43. The molecular formula is C9H8Br2Si. The van der Waals surface area contributed by atoms with E-state index < -0.39 is 0 Å². The Hall–Kier alpha value is 0.137. The molecule has 0 nitrogen and oxygen atoms in total. The molecule has 1 aromatic rings. The zero-order chi connectivity index (χ0) is 8.97. The molecule has 0 atom stereocenters. The summed E-state index contributed by atoms with van der Waals surface area (Å²) in [7, 11) is 0.729. The summed E-state index contributed by atoms with van der Waals surface area (Å²) in [6, 6.07) is 8.29. The third-order valence-corrected chi connectivity index (χ3v) is 3.80. The maximum atomic E-state index is 3.77. The van der Waals surface area contributed by atoms with E-state index in [2.05, 4.69) is 56.6 Å². The summed E-state index contributed by atoms with van der Waals surface area (Å²) in [5.41, 5.74) is 1.22. The lowest BCUT2D eigenvalue weighted by atomic mass is 10.2. The molecule has 0 unspecified atom stereocenters. The number of rotatable bonds is 3. The molecule has 0 aliphatic carbocycles. The Morgan fingerprint density at radius 2 is 2.00 bits per heavy atom. The minimum Gasteiger partial charge on any atom is -0.0985 e. The van der Waals surface area contributed by atoms with Crippen molar-refractivity contribution < 1.29 is 0 Å². The van der Waals surface area contributed by atoms with Gasteiger partial charge in [0.1, 0.15) is 9.52 Å². The second-order valence-corrected chi connectivity index (χ2v) is 8.39. The molecule has 0 spiro atoms. The van der Waals surface area contributed by atoms with Crippen molar-refractivity contribution in [3.05, 3.63) is 36.4 Å². The third kappa shape index (κ3) is 2.88. The van der Waals surface area contributed by atoms with Crippen LogP contribution in [0.4, 0.5) is 0 Å². The molecule has 0 fully saturated rings. The molecule has 12 heavy (non-hydrogen) atoms. The highest BCUT2D eigenvalue weighted by molar-refractivity contribution is 9.25.